The van der Waals surface area contributed by atoms with Gasteiger partial charge in [0.15, 0.2) is 17.3 Å². The van der Waals surface area contributed by atoms with Crippen molar-refractivity contribution in [3.63, 3.8) is 0 Å². The summed E-state index contributed by atoms with van der Waals surface area (Å²) in [7, 11) is 0. The van der Waals surface area contributed by atoms with Gasteiger partial charge in [0.25, 0.3) is 0 Å². The number of ketones is 2. The summed E-state index contributed by atoms with van der Waals surface area (Å²) >= 11 is 0. The van der Waals surface area contributed by atoms with E-state index in [2.05, 4.69) is 6.58 Å². The van der Waals surface area contributed by atoms with Gasteiger partial charge in [-0.3, -0.25) is 19.7 Å². The van der Waals surface area contributed by atoms with E-state index in [1.165, 1.54) is 26.0 Å². The third kappa shape index (κ3) is 4.99. The first-order valence-electron chi connectivity index (χ1n) is 5.04. The zero-order chi connectivity index (χ0) is 15.2. The minimum absolute atomic E-state index is 0.0741. The smallest absolute Gasteiger partial charge is 0.314 e. The zero-order valence-corrected chi connectivity index (χ0v) is 10.4. The first kappa shape index (κ1) is 16.3. The van der Waals surface area contributed by atoms with Crippen LogP contribution in [0, 0.1) is 10.1 Å². The van der Waals surface area contributed by atoms with E-state index >= 15 is 0 Å². The third-order valence-corrected chi connectivity index (χ3v) is 2.04. The molecule has 0 unspecified atom stereocenters. The number of aromatic hydroxyl groups is 2. The standard InChI is InChI=1S/C6H5NO4.C6H8O2/c8-5-3-1-2-4(6(5)9)7(10)11;1-4(5(2)7)6(3)8/h1-3,8-9H;1H2,2-3H3. The van der Waals surface area contributed by atoms with Crippen molar-refractivity contribution in [2.45, 2.75) is 13.8 Å². The van der Waals surface area contributed by atoms with Crippen LogP contribution in [-0.4, -0.2) is 26.7 Å². The molecule has 7 heteroatoms. The largest absolute Gasteiger partial charge is 0.504 e. The molecule has 2 N–H and O–H groups in total. The van der Waals surface area contributed by atoms with Gasteiger partial charge in [-0.15, -0.1) is 0 Å². The van der Waals surface area contributed by atoms with E-state index in [4.69, 9.17) is 10.2 Å². The predicted octanol–water partition coefficient (Wildman–Crippen LogP) is 1.73. The molecule has 0 fully saturated rings. The Hall–Kier alpha value is -2.70. The van der Waals surface area contributed by atoms with Crippen LogP contribution in [0.3, 0.4) is 0 Å². The van der Waals surface area contributed by atoms with E-state index < -0.39 is 22.1 Å². The third-order valence-electron chi connectivity index (χ3n) is 2.04. The van der Waals surface area contributed by atoms with Gasteiger partial charge in [0.2, 0.25) is 5.75 Å². The van der Waals surface area contributed by atoms with Gasteiger partial charge in [-0.1, -0.05) is 12.6 Å². The molecule has 0 aromatic heterocycles. The fraction of sp³-hybridized carbons (Fsp3) is 0.167. The lowest BCUT2D eigenvalue weighted by atomic mass is 10.1. The van der Waals surface area contributed by atoms with Crippen LogP contribution in [0.4, 0.5) is 5.69 Å². The summed E-state index contributed by atoms with van der Waals surface area (Å²) in [5.41, 5.74) is -0.421. The second-order valence-corrected chi connectivity index (χ2v) is 3.49. The SMILES string of the molecule is C=C(C(C)=O)C(C)=O.O=[N+]([O-])c1cccc(O)c1O. The summed E-state index contributed by atoms with van der Waals surface area (Å²) < 4.78 is 0. The molecule has 0 bridgehead atoms. The topological polar surface area (TPSA) is 118 Å². The van der Waals surface area contributed by atoms with Gasteiger partial charge in [0, 0.05) is 6.07 Å². The Kier molecular flexibility index (Phi) is 5.92. The maximum atomic E-state index is 10.3. The summed E-state index contributed by atoms with van der Waals surface area (Å²) in [6.45, 7) is 5.90. The molecule has 0 saturated carbocycles. The quantitative estimate of drug-likeness (QED) is 0.215. The molecule has 0 saturated heterocycles. The highest BCUT2D eigenvalue weighted by Crippen LogP contribution is 2.33. The normalized spacial score (nSPS) is 8.95. The second kappa shape index (κ2) is 6.90. The number of hydrogen-bond donors (Lipinski definition) is 2. The van der Waals surface area contributed by atoms with Gasteiger partial charge in [0.05, 0.1) is 10.5 Å². The molecule has 0 atom stereocenters. The molecule has 0 amide bonds. The van der Waals surface area contributed by atoms with Crippen LogP contribution in [0.25, 0.3) is 0 Å². The van der Waals surface area contributed by atoms with Gasteiger partial charge >= 0.3 is 5.69 Å². The van der Waals surface area contributed by atoms with Gasteiger partial charge < -0.3 is 10.2 Å². The summed E-state index contributed by atoms with van der Waals surface area (Å²) in [5, 5.41) is 27.8. The van der Waals surface area contributed by atoms with Crippen molar-refractivity contribution in [3.8, 4) is 11.5 Å². The van der Waals surface area contributed by atoms with Crippen molar-refractivity contribution < 1.29 is 24.7 Å². The summed E-state index contributed by atoms with van der Waals surface area (Å²) in [5.74, 6) is -1.69. The number of nitrogens with zero attached hydrogens (tertiary/aromatic N) is 1. The van der Waals surface area contributed by atoms with Crippen LogP contribution in [0.15, 0.2) is 30.4 Å². The van der Waals surface area contributed by atoms with E-state index in [1.54, 1.807) is 0 Å². The van der Waals surface area contributed by atoms with Crippen molar-refractivity contribution in [2.24, 2.45) is 0 Å². The number of Topliss-reactive ketones (excluding diaryl/α,β-unsaturated/α-hetero) is 2. The van der Waals surface area contributed by atoms with Crippen molar-refractivity contribution >= 4 is 17.3 Å². The Labute approximate surface area is 109 Å². The fourth-order valence-electron chi connectivity index (χ4n) is 0.915. The lowest BCUT2D eigenvalue weighted by molar-refractivity contribution is -0.386. The number of nitro groups is 1. The molecule has 1 aromatic rings. The Bertz CT molecular complexity index is 519. The Morgan fingerprint density at radius 1 is 1.21 bits per heavy atom. The van der Waals surface area contributed by atoms with E-state index in [0.29, 0.717) is 0 Å². The number of hydrogen-bond acceptors (Lipinski definition) is 6. The highest BCUT2D eigenvalue weighted by atomic mass is 16.6. The fourth-order valence-corrected chi connectivity index (χ4v) is 0.915. The number of nitro benzene ring substituents is 1. The van der Waals surface area contributed by atoms with Crippen molar-refractivity contribution in [2.75, 3.05) is 0 Å². The second-order valence-electron chi connectivity index (χ2n) is 3.49. The minimum Gasteiger partial charge on any atom is -0.504 e. The lowest BCUT2D eigenvalue weighted by Crippen LogP contribution is -2.03. The van der Waals surface area contributed by atoms with Crippen LogP contribution < -0.4 is 0 Å². The van der Waals surface area contributed by atoms with Crippen molar-refractivity contribution in [1.82, 2.24) is 0 Å². The molecule has 0 aliphatic rings. The van der Waals surface area contributed by atoms with E-state index in [-0.39, 0.29) is 17.1 Å². The molecule has 0 heterocycles. The highest BCUT2D eigenvalue weighted by Gasteiger charge is 2.14. The summed E-state index contributed by atoms with van der Waals surface area (Å²) in [4.78, 5) is 29.9. The first-order chi connectivity index (χ1) is 8.68. The molecule has 0 radical (unpaired) electrons. The Morgan fingerprint density at radius 2 is 1.68 bits per heavy atom. The van der Waals surface area contributed by atoms with Crippen molar-refractivity contribution in [3.05, 3.63) is 40.5 Å². The van der Waals surface area contributed by atoms with Crippen molar-refractivity contribution in [1.29, 1.82) is 0 Å². The molecular formula is C12H13NO6. The molecule has 0 aliphatic carbocycles. The number of para-hydroxylation sites is 1. The van der Waals surface area contributed by atoms with Crippen LogP contribution in [0.5, 0.6) is 11.5 Å². The van der Waals surface area contributed by atoms with Crippen LogP contribution in [0.2, 0.25) is 0 Å². The average Bonchev–Trinajstić information content (AvgIpc) is 2.31. The van der Waals surface area contributed by atoms with Crippen LogP contribution in [-0.2, 0) is 9.59 Å². The van der Waals surface area contributed by atoms with Gasteiger partial charge in [-0.2, -0.15) is 0 Å². The van der Waals surface area contributed by atoms with Crippen LogP contribution >= 0.6 is 0 Å². The molecule has 1 aromatic carbocycles. The number of benzene rings is 1. The maximum absolute atomic E-state index is 10.3. The van der Waals surface area contributed by atoms with Gasteiger partial charge in [-0.25, -0.2) is 0 Å². The molecule has 7 nitrogen and oxygen atoms in total. The molecule has 19 heavy (non-hydrogen) atoms. The number of allylic oxidation sites excluding steroid dienone is 1. The first-order valence-corrected chi connectivity index (χ1v) is 5.04. The number of carbonyl (C=O) groups is 2. The minimum atomic E-state index is -0.769. The Morgan fingerprint density at radius 3 is 1.95 bits per heavy atom. The lowest BCUT2D eigenvalue weighted by Gasteiger charge is -1.96. The average molecular weight is 267 g/mol. The number of phenols is 2. The van der Waals surface area contributed by atoms with Gasteiger partial charge in [-0.05, 0) is 19.9 Å². The molecule has 0 aliphatic heterocycles. The number of rotatable bonds is 3. The summed E-state index contributed by atoms with van der Waals surface area (Å²) in [6, 6.07) is 3.56. The molecular weight excluding hydrogens is 254 g/mol. The summed E-state index contributed by atoms with van der Waals surface area (Å²) in [6.07, 6.45) is 0. The van der Waals surface area contributed by atoms with Gasteiger partial charge in [0.1, 0.15) is 0 Å². The van der Waals surface area contributed by atoms with E-state index in [1.807, 2.05) is 0 Å². The van der Waals surface area contributed by atoms with Crippen LogP contribution in [0.1, 0.15) is 13.8 Å². The van der Waals surface area contributed by atoms with E-state index in [9.17, 15) is 19.7 Å². The number of carbonyl (C=O) groups excluding carboxylic acids is 2. The molecule has 1 rings (SSSR count). The predicted molar refractivity (Wildman–Crippen MR) is 66.9 cm³/mol. The zero-order valence-electron chi connectivity index (χ0n) is 10.4. The maximum Gasteiger partial charge on any atom is 0.314 e. The monoisotopic (exact) mass is 267 g/mol. The number of phenolic OH excluding ortho intramolecular Hbond substituents is 2. The molecule has 102 valence electrons. The molecule has 0 spiro atoms. The van der Waals surface area contributed by atoms with E-state index in [0.717, 1.165) is 6.07 Å². The Balaban J connectivity index is 0.000000362. The highest BCUT2D eigenvalue weighted by molar-refractivity contribution is 6.17.